The maximum absolute atomic E-state index is 13.8. The maximum Gasteiger partial charge on any atom is 0.333 e. The van der Waals surface area contributed by atoms with E-state index in [1.807, 2.05) is 47.9 Å². The Balaban J connectivity index is 1.13. The standard InChI is InChI=1S/C31H35ClN6O3/c1-20-26(15-22(32)16-33-20)30(39)36-23-10-8-21(9-11-23)19-37-27-6-2-3-7-28(27)38(31(37)40)24-12-13-29(34-17-24)35-18-25-5-4-14-41-25/h2-3,6-7,12-13,15-17,21,23,25H,4-5,8-11,14,18-19H2,1H3,(H,34,35)(H,36,39)/t21?,23?,25-/m0/s1. The summed E-state index contributed by atoms with van der Waals surface area (Å²) in [5.41, 5.74) is 3.64. The number of halogens is 1. The zero-order valence-electron chi connectivity index (χ0n) is 23.2. The number of para-hydroxylation sites is 2. The van der Waals surface area contributed by atoms with Crippen molar-refractivity contribution in [2.75, 3.05) is 18.5 Å². The molecule has 0 bridgehead atoms. The molecule has 214 valence electrons. The summed E-state index contributed by atoms with van der Waals surface area (Å²) in [6.45, 7) is 4.00. The molecule has 0 unspecified atom stereocenters. The Morgan fingerprint density at radius 2 is 1.85 bits per heavy atom. The molecule has 2 N–H and O–H groups in total. The average Bonchev–Trinajstić information content (AvgIpc) is 3.61. The number of fused-ring (bicyclic) bond motifs is 1. The zero-order chi connectivity index (χ0) is 28.3. The highest BCUT2D eigenvalue weighted by atomic mass is 35.5. The number of ether oxygens (including phenoxy) is 1. The van der Waals surface area contributed by atoms with Crippen molar-refractivity contribution in [3.63, 3.8) is 0 Å². The van der Waals surface area contributed by atoms with E-state index < -0.39 is 0 Å². The molecule has 1 aliphatic carbocycles. The first kappa shape index (κ1) is 27.5. The van der Waals surface area contributed by atoms with Gasteiger partial charge in [0, 0.05) is 31.9 Å². The van der Waals surface area contributed by atoms with Crippen LogP contribution in [0.25, 0.3) is 16.7 Å². The molecule has 2 fully saturated rings. The second kappa shape index (κ2) is 12.0. The smallest absolute Gasteiger partial charge is 0.333 e. The van der Waals surface area contributed by atoms with Crippen molar-refractivity contribution < 1.29 is 9.53 Å². The van der Waals surface area contributed by atoms with Crippen LogP contribution in [-0.4, -0.2) is 50.3 Å². The predicted octanol–water partition coefficient (Wildman–Crippen LogP) is 5.12. The molecule has 1 aliphatic heterocycles. The largest absolute Gasteiger partial charge is 0.376 e. The van der Waals surface area contributed by atoms with Crippen LogP contribution >= 0.6 is 11.6 Å². The van der Waals surface area contributed by atoms with Crippen LogP contribution in [0.4, 0.5) is 5.82 Å². The second-order valence-corrected chi connectivity index (χ2v) is 11.5. The molecule has 0 radical (unpaired) electrons. The van der Waals surface area contributed by atoms with Crippen LogP contribution in [0.5, 0.6) is 0 Å². The van der Waals surface area contributed by atoms with Crippen molar-refractivity contribution >= 4 is 34.4 Å². The van der Waals surface area contributed by atoms with Gasteiger partial charge in [0.25, 0.3) is 5.91 Å². The topological polar surface area (TPSA) is 103 Å². The highest BCUT2D eigenvalue weighted by molar-refractivity contribution is 6.30. The van der Waals surface area contributed by atoms with Gasteiger partial charge in [-0.2, -0.15) is 0 Å². The van der Waals surface area contributed by atoms with Gasteiger partial charge in [0.15, 0.2) is 0 Å². The van der Waals surface area contributed by atoms with E-state index in [0.29, 0.717) is 28.7 Å². The number of imidazole rings is 1. The summed E-state index contributed by atoms with van der Waals surface area (Å²) >= 11 is 6.05. The average molecular weight is 575 g/mol. The van der Waals surface area contributed by atoms with E-state index in [-0.39, 0.29) is 23.7 Å². The predicted molar refractivity (Wildman–Crippen MR) is 160 cm³/mol. The highest BCUT2D eigenvalue weighted by Gasteiger charge is 2.26. The van der Waals surface area contributed by atoms with Crippen molar-refractivity contribution in [2.45, 2.75) is 64.1 Å². The number of nitrogens with one attached hydrogen (secondary N) is 2. The van der Waals surface area contributed by atoms with Gasteiger partial charge in [-0.25, -0.2) is 9.78 Å². The molecule has 41 heavy (non-hydrogen) atoms. The third-order valence-electron chi connectivity index (χ3n) is 8.30. The Hall–Kier alpha value is -3.69. The molecule has 4 heterocycles. The van der Waals surface area contributed by atoms with Gasteiger partial charge in [-0.1, -0.05) is 23.7 Å². The molecule has 1 atom stereocenters. The van der Waals surface area contributed by atoms with E-state index >= 15 is 0 Å². The molecule has 2 aliphatic rings. The molecule has 10 heteroatoms. The molecule has 4 aromatic rings. The van der Waals surface area contributed by atoms with Crippen LogP contribution in [0.3, 0.4) is 0 Å². The van der Waals surface area contributed by atoms with Gasteiger partial charge in [-0.15, -0.1) is 0 Å². The summed E-state index contributed by atoms with van der Waals surface area (Å²) in [6, 6.07) is 13.5. The fraction of sp³-hybridized carbons (Fsp3) is 0.419. The lowest BCUT2D eigenvalue weighted by atomic mass is 9.85. The van der Waals surface area contributed by atoms with Crippen molar-refractivity contribution in [3.05, 3.63) is 81.6 Å². The van der Waals surface area contributed by atoms with Crippen LogP contribution in [-0.2, 0) is 11.3 Å². The third-order valence-corrected chi connectivity index (χ3v) is 8.50. The lowest BCUT2D eigenvalue weighted by Gasteiger charge is -2.29. The minimum absolute atomic E-state index is 0.0626. The summed E-state index contributed by atoms with van der Waals surface area (Å²) in [5, 5.41) is 6.95. The van der Waals surface area contributed by atoms with E-state index in [0.717, 1.165) is 74.2 Å². The molecular weight excluding hydrogens is 540 g/mol. The van der Waals surface area contributed by atoms with Crippen LogP contribution in [0.2, 0.25) is 5.02 Å². The Morgan fingerprint density at radius 1 is 1.05 bits per heavy atom. The number of carbonyl (C=O) groups excluding carboxylic acids is 1. The zero-order valence-corrected chi connectivity index (χ0v) is 23.9. The third kappa shape index (κ3) is 6.01. The van der Waals surface area contributed by atoms with Gasteiger partial charge in [0.05, 0.1) is 45.3 Å². The number of rotatable bonds is 8. The highest BCUT2D eigenvalue weighted by Crippen LogP contribution is 2.28. The van der Waals surface area contributed by atoms with Gasteiger partial charge < -0.3 is 15.4 Å². The number of aromatic nitrogens is 4. The fourth-order valence-corrected chi connectivity index (χ4v) is 6.19. The van der Waals surface area contributed by atoms with Gasteiger partial charge in [-0.3, -0.25) is 18.9 Å². The van der Waals surface area contributed by atoms with Gasteiger partial charge in [0.1, 0.15) is 5.82 Å². The van der Waals surface area contributed by atoms with E-state index in [1.165, 1.54) is 0 Å². The number of pyridine rings is 2. The fourth-order valence-electron chi connectivity index (χ4n) is 6.03. The van der Waals surface area contributed by atoms with Crippen LogP contribution < -0.4 is 16.3 Å². The molecule has 6 rings (SSSR count). The number of amides is 1. The number of anilines is 1. The van der Waals surface area contributed by atoms with E-state index in [4.69, 9.17) is 16.3 Å². The van der Waals surface area contributed by atoms with Gasteiger partial charge >= 0.3 is 5.69 Å². The summed E-state index contributed by atoms with van der Waals surface area (Å²) in [5.74, 6) is 0.978. The minimum Gasteiger partial charge on any atom is -0.376 e. The number of hydrogen-bond donors (Lipinski definition) is 2. The van der Waals surface area contributed by atoms with Crippen molar-refractivity contribution in [3.8, 4) is 5.69 Å². The normalized spacial score (nSPS) is 20.8. The number of nitrogens with zero attached hydrogens (tertiary/aromatic N) is 4. The Labute approximate surface area is 243 Å². The SMILES string of the molecule is Cc1ncc(Cl)cc1C(=O)NC1CCC(Cn2c(=O)n(-c3ccc(NC[C@@H]4CCCO4)nc3)c3ccccc32)CC1. The van der Waals surface area contributed by atoms with Crippen molar-refractivity contribution in [1.82, 2.24) is 24.4 Å². The van der Waals surface area contributed by atoms with E-state index in [2.05, 4.69) is 20.6 Å². The Morgan fingerprint density at radius 3 is 2.59 bits per heavy atom. The Bertz CT molecular complexity index is 1580. The molecule has 1 aromatic carbocycles. The summed E-state index contributed by atoms with van der Waals surface area (Å²) in [4.78, 5) is 35.4. The first-order chi connectivity index (χ1) is 20.0. The van der Waals surface area contributed by atoms with E-state index in [1.54, 1.807) is 23.0 Å². The lowest BCUT2D eigenvalue weighted by Crippen LogP contribution is -2.39. The first-order valence-corrected chi connectivity index (χ1v) is 14.8. The molecule has 3 aromatic heterocycles. The number of benzene rings is 1. The lowest BCUT2D eigenvalue weighted by molar-refractivity contribution is 0.0919. The molecule has 9 nitrogen and oxygen atoms in total. The van der Waals surface area contributed by atoms with Crippen molar-refractivity contribution in [1.29, 1.82) is 0 Å². The van der Waals surface area contributed by atoms with Gasteiger partial charge in [-0.05, 0) is 81.7 Å². The van der Waals surface area contributed by atoms with Crippen LogP contribution in [0, 0.1) is 12.8 Å². The molecule has 1 saturated heterocycles. The quantitative estimate of drug-likeness (QED) is 0.303. The second-order valence-electron chi connectivity index (χ2n) is 11.1. The Kier molecular flexibility index (Phi) is 8.07. The monoisotopic (exact) mass is 574 g/mol. The van der Waals surface area contributed by atoms with Crippen LogP contribution in [0.15, 0.2) is 59.7 Å². The number of hydrogen-bond acceptors (Lipinski definition) is 6. The summed E-state index contributed by atoms with van der Waals surface area (Å²) in [7, 11) is 0. The molecule has 1 amide bonds. The number of aryl methyl sites for hydroxylation is 1. The maximum atomic E-state index is 13.8. The number of carbonyl (C=O) groups is 1. The van der Waals surface area contributed by atoms with E-state index in [9.17, 15) is 9.59 Å². The molecule has 1 saturated carbocycles. The molecular formula is C31H35ClN6O3. The minimum atomic E-state index is -0.137. The van der Waals surface area contributed by atoms with Crippen molar-refractivity contribution in [2.24, 2.45) is 5.92 Å². The van der Waals surface area contributed by atoms with Crippen LogP contribution in [0.1, 0.15) is 54.6 Å². The van der Waals surface area contributed by atoms with Gasteiger partial charge in [0.2, 0.25) is 0 Å². The first-order valence-electron chi connectivity index (χ1n) is 14.4. The summed E-state index contributed by atoms with van der Waals surface area (Å²) < 4.78 is 9.32. The molecule has 0 spiro atoms. The summed E-state index contributed by atoms with van der Waals surface area (Å²) in [6.07, 6.45) is 9.28.